The summed E-state index contributed by atoms with van der Waals surface area (Å²) in [6.07, 6.45) is 2.15. The third kappa shape index (κ3) is 3.85. The fraction of sp³-hybridized carbons (Fsp3) is 0.917. The van der Waals surface area contributed by atoms with Crippen molar-refractivity contribution in [2.75, 3.05) is 33.7 Å². The Hall–Kier alpha value is -0.810. The van der Waals surface area contributed by atoms with Crippen molar-refractivity contribution in [3.63, 3.8) is 0 Å². The molecule has 1 heterocycles. The highest BCUT2D eigenvalue weighted by molar-refractivity contribution is 5.85. The van der Waals surface area contributed by atoms with Gasteiger partial charge in [0.25, 0.3) is 0 Å². The fourth-order valence-corrected chi connectivity index (χ4v) is 2.14. The average molecular weight is 242 g/mol. The maximum atomic E-state index is 8.72. The van der Waals surface area contributed by atoms with E-state index in [4.69, 9.17) is 10.9 Å². The normalized spacial score (nSPS) is 23.6. The molecule has 0 bridgehead atoms. The standard InChI is InChI=1S/C12H26N4O/c1-12(2,11(13)14-17)6-8-16-7-5-10(9-16)15(3)4/h10,17H,5-9H2,1-4H3,(H2,13,14). The number of likely N-dealkylation sites (N-methyl/N-ethyl adjacent to an activating group) is 1. The summed E-state index contributed by atoms with van der Waals surface area (Å²) >= 11 is 0. The van der Waals surface area contributed by atoms with Crippen LogP contribution >= 0.6 is 0 Å². The Bertz CT molecular complexity index is 276. The van der Waals surface area contributed by atoms with Gasteiger partial charge in [0.15, 0.2) is 0 Å². The van der Waals surface area contributed by atoms with Crippen molar-refractivity contribution in [3.8, 4) is 0 Å². The van der Waals surface area contributed by atoms with Gasteiger partial charge in [-0.15, -0.1) is 0 Å². The maximum absolute atomic E-state index is 8.72. The first kappa shape index (κ1) is 14.3. The first-order valence-electron chi connectivity index (χ1n) is 6.23. The Morgan fingerprint density at radius 1 is 1.53 bits per heavy atom. The van der Waals surface area contributed by atoms with E-state index in [1.165, 1.54) is 6.42 Å². The van der Waals surface area contributed by atoms with Crippen LogP contribution in [0.4, 0.5) is 0 Å². The SMILES string of the molecule is CN(C)C1CCN(CCC(C)(C)C(N)=NO)C1. The molecule has 1 fully saturated rings. The molecule has 0 amide bonds. The zero-order valence-corrected chi connectivity index (χ0v) is 11.5. The first-order chi connectivity index (χ1) is 7.86. The van der Waals surface area contributed by atoms with E-state index in [0.29, 0.717) is 11.9 Å². The van der Waals surface area contributed by atoms with E-state index in [-0.39, 0.29) is 5.41 Å². The summed E-state index contributed by atoms with van der Waals surface area (Å²) < 4.78 is 0. The second kappa shape index (κ2) is 5.69. The minimum atomic E-state index is -0.231. The molecule has 0 saturated carbocycles. The Morgan fingerprint density at radius 3 is 2.65 bits per heavy atom. The molecule has 0 aromatic carbocycles. The smallest absolute Gasteiger partial charge is 0.144 e. The minimum Gasteiger partial charge on any atom is -0.409 e. The van der Waals surface area contributed by atoms with E-state index in [9.17, 15) is 0 Å². The Labute approximate surface area is 104 Å². The molecule has 5 nitrogen and oxygen atoms in total. The van der Waals surface area contributed by atoms with E-state index in [1.54, 1.807) is 0 Å². The predicted octanol–water partition coefficient (Wildman–Crippen LogP) is 0.785. The van der Waals surface area contributed by atoms with Gasteiger partial charge >= 0.3 is 0 Å². The number of hydrogen-bond donors (Lipinski definition) is 2. The van der Waals surface area contributed by atoms with Crippen molar-refractivity contribution >= 4 is 5.84 Å². The van der Waals surface area contributed by atoms with Crippen LogP contribution in [0.5, 0.6) is 0 Å². The molecule has 3 N–H and O–H groups in total. The molecule has 17 heavy (non-hydrogen) atoms. The van der Waals surface area contributed by atoms with E-state index < -0.39 is 0 Å². The molecule has 0 aromatic rings. The number of hydrogen-bond acceptors (Lipinski definition) is 4. The zero-order chi connectivity index (χ0) is 13.1. The third-order valence-corrected chi connectivity index (χ3v) is 3.83. The highest BCUT2D eigenvalue weighted by Crippen LogP contribution is 2.22. The zero-order valence-electron chi connectivity index (χ0n) is 11.5. The lowest BCUT2D eigenvalue weighted by molar-refractivity contribution is 0.248. The summed E-state index contributed by atoms with van der Waals surface area (Å²) in [6, 6.07) is 0.668. The summed E-state index contributed by atoms with van der Waals surface area (Å²) in [4.78, 5) is 4.74. The van der Waals surface area contributed by atoms with Gasteiger partial charge < -0.3 is 20.7 Å². The van der Waals surface area contributed by atoms with Crippen molar-refractivity contribution in [2.24, 2.45) is 16.3 Å². The summed E-state index contributed by atoms with van der Waals surface area (Å²) in [5, 5.41) is 11.8. The van der Waals surface area contributed by atoms with Crippen molar-refractivity contribution in [3.05, 3.63) is 0 Å². The molecule has 100 valence electrons. The fourth-order valence-electron chi connectivity index (χ4n) is 2.14. The lowest BCUT2D eigenvalue weighted by Gasteiger charge is -2.26. The van der Waals surface area contributed by atoms with Gasteiger partial charge in [0.05, 0.1) is 0 Å². The molecule has 0 aliphatic carbocycles. The third-order valence-electron chi connectivity index (χ3n) is 3.83. The number of nitrogens with zero attached hydrogens (tertiary/aromatic N) is 3. The highest BCUT2D eigenvalue weighted by atomic mass is 16.4. The van der Waals surface area contributed by atoms with E-state index >= 15 is 0 Å². The molecule has 1 atom stereocenters. The second-order valence-electron chi connectivity index (χ2n) is 5.83. The number of amidine groups is 1. The van der Waals surface area contributed by atoms with Gasteiger partial charge in [-0.3, -0.25) is 0 Å². The largest absolute Gasteiger partial charge is 0.409 e. The predicted molar refractivity (Wildman–Crippen MR) is 70.3 cm³/mol. The molecule has 1 saturated heterocycles. The van der Waals surface area contributed by atoms with E-state index in [1.807, 2.05) is 13.8 Å². The van der Waals surface area contributed by atoms with Crippen LogP contribution in [0.3, 0.4) is 0 Å². The molecule has 1 aliphatic heterocycles. The summed E-state index contributed by atoms with van der Waals surface area (Å²) in [6.45, 7) is 7.31. The van der Waals surface area contributed by atoms with Gasteiger partial charge in [-0.1, -0.05) is 19.0 Å². The molecule has 1 unspecified atom stereocenters. The number of nitrogens with two attached hydrogens (primary N) is 1. The summed E-state index contributed by atoms with van der Waals surface area (Å²) in [7, 11) is 4.27. The average Bonchev–Trinajstić information content (AvgIpc) is 2.74. The van der Waals surface area contributed by atoms with Gasteiger partial charge in [0, 0.05) is 18.0 Å². The monoisotopic (exact) mass is 242 g/mol. The second-order valence-corrected chi connectivity index (χ2v) is 5.83. The maximum Gasteiger partial charge on any atom is 0.144 e. The van der Waals surface area contributed by atoms with Crippen LogP contribution in [-0.2, 0) is 0 Å². The Morgan fingerprint density at radius 2 is 2.18 bits per heavy atom. The quantitative estimate of drug-likeness (QED) is 0.324. The molecular formula is C12H26N4O. The van der Waals surface area contributed by atoms with Crippen LogP contribution in [0.15, 0.2) is 5.16 Å². The van der Waals surface area contributed by atoms with Gasteiger partial charge in [0.2, 0.25) is 0 Å². The summed E-state index contributed by atoms with van der Waals surface area (Å²) in [5.74, 6) is 0.320. The number of rotatable bonds is 5. The van der Waals surface area contributed by atoms with Crippen LogP contribution in [-0.4, -0.2) is 60.6 Å². The lowest BCUT2D eigenvalue weighted by atomic mass is 9.88. The topological polar surface area (TPSA) is 65.1 Å². The van der Waals surface area contributed by atoms with E-state index in [2.05, 4.69) is 29.1 Å². The van der Waals surface area contributed by atoms with Gasteiger partial charge in [-0.2, -0.15) is 0 Å². The minimum absolute atomic E-state index is 0.231. The van der Waals surface area contributed by atoms with Crippen molar-refractivity contribution < 1.29 is 5.21 Å². The summed E-state index contributed by atoms with van der Waals surface area (Å²) in [5.41, 5.74) is 5.45. The molecule has 0 aromatic heterocycles. The molecule has 1 aliphatic rings. The van der Waals surface area contributed by atoms with Crippen LogP contribution in [0.2, 0.25) is 0 Å². The van der Waals surface area contributed by atoms with Gasteiger partial charge in [0.1, 0.15) is 5.84 Å². The first-order valence-corrected chi connectivity index (χ1v) is 6.23. The molecular weight excluding hydrogens is 216 g/mol. The highest BCUT2D eigenvalue weighted by Gasteiger charge is 2.28. The van der Waals surface area contributed by atoms with Crippen LogP contribution in [0, 0.1) is 5.41 Å². The van der Waals surface area contributed by atoms with Crippen LogP contribution in [0.25, 0.3) is 0 Å². The van der Waals surface area contributed by atoms with Crippen LogP contribution < -0.4 is 5.73 Å². The Balaban J connectivity index is 2.38. The molecule has 5 heteroatoms. The molecule has 1 rings (SSSR count). The molecule has 0 radical (unpaired) electrons. The lowest BCUT2D eigenvalue weighted by Crippen LogP contribution is -2.37. The van der Waals surface area contributed by atoms with Crippen molar-refractivity contribution in [1.29, 1.82) is 0 Å². The number of oxime groups is 1. The van der Waals surface area contributed by atoms with E-state index in [0.717, 1.165) is 26.1 Å². The van der Waals surface area contributed by atoms with Gasteiger partial charge in [-0.25, -0.2) is 0 Å². The van der Waals surface area contributed by atoms with Crippen molar-refractivity contribution in [2.45, 2.75) is 32.7 Å². The Kier molecular flexibility index (Phi) is 4.77. The van der Waals surface area contributed by atoms with Gasteiger partial charge in [-0.05, 0) is 40.0 Å². The molecule has 0 spiro atoms. The van der Waals surface area contributed by atoms with Crippen LogP contribution in [0.1, 0.15) is 26.7 Å². The number of likely N-dealkylation sites (tertiary alicyclic amines) is 1. The van der Waals surface area contributed by atoms with Crippen molar-refractivity contribution in [1.82, 2.24) is 9.80 Å².